The van der Waals surface area contributed by atoms with Crippen LogP contribution in [0.15, 0.2) is 54.6 Å². The van der Waals surface area contributed by atoms with Gasteiger partial charge in [-0.3, -0.25) is 0 Å². The van der Waals surface area contributed by atoms with Crippen LogP contribution in [0.4, 0.5) is 17.1 Å². The van der Waals surface area contributed by atoms with Crippen LogP contribution in [-0.4, -0.2) is 132 Å². The van der Waals surface area contributed by atoms with Crippen LogP contribution in [0.1, 0.15) is 16.7 Å². The molecule has 292 valence electrons. The summed E-state index contributed by atoms with van der Waals surface area (Å²) in [5.74, 6) is 2.43. The number of ether oxygens (including phenoxy) is 8. The van der Waals surface area contributed by atoms with Crippen molar-refractivity contribution in [2.75, 3.05) is 147 Å². The summed E-state index contributed by atoms with van der Waals surface area (Å²) in [4.78, 5) is 6.84. The Hall–Kier alpha value is -3.78. The van der Waals surface area contributed by atoms with Crippen LogP contribution in [0.3, 0.4) is 0 Å². The molecular weight excluding hydrogens is 676 g/mol. The van der Waals surface area contributed by atoms with Crippen LogP contribution in [0.25, 0.3) is 0 Å². The maximum absolute atomic E-state index is 6.66. The van der Waals surface area contributed by atoms with Crippen molar-refractivity contribution in [3.05, 3.63) is 71.3 Å². The van der Waals surface area contributed by atoms with Gasteiger partial charge >= 0.3 is 0 Å². The Morgan fingerprint density at radius 1 is 0.547 bits per heavy atom. The van der Waals surface area contributed by atoms with Gasteiger partial charge in [-0.05, 0) is 79.9 Å². The zero-order valence-corrected chi connectivity index (χ0v) is 32.0. The number of hydrogen-bond acceptors (Lipinski definition) is 12. The fourth-order valence-corrected chi connectivity index (χ4v) is 6.42. The van der Waals surface area contributed by atoms with E-state index in [1.807, 2.05) is 0 Å². The molecule has 3 aliphatic heterocycles. The largest absolute Gasteiger partial charge is 0.490 e. The molecular formula is C41H60N4O8. The highest BCUT2D eigenvalue weighted by atomic mass is 16.5. The third kappa shape index (κ3) is 12.9. The minimum absolute atomic E-state index is 0.433. The number of nitrogens with zero attached hydrogens (tertiary/aromatic N) is 3. The second-order valence-corrected chi connectivity index (χ2v) is 13.2. The molecule has 2 N–H and O–H groups in total. The first-order valence-corrected chi connectivity index (χ1v) is 19.0. The van der Waals surface area contributed by atoms with Crippen molar-refractivity contribution < 1.29 is 37.9 Å². The molecule has 3 aromatic carbocycles. The van der Waals surface area contributed by atoms with E-state index in [9.17, 15) is 0 Å². The number of hydrogen-bond donors (Lipinski definition) is 1. The van der Waals surface area contributed by atoms with Crippen molar-refractivity contribution in [3.8, 4) is 17.2 Å². The molecule has 2 bridgehead atoms. The van der Waals surface area contributed by atoms with Crippen LogP contribution < -0.4 is 34.6 Å². The van der Waals surface area contributed by atoms with Crippen molar-refractivity contribution in [1.82, 2.24) is 0 Å². The molecule has 1 fully saturated rings. The van der Waals surface area contributed by atoms with E-state index in [4.69, 9.17) is 43.6 Å². The number of methoxy groups -OCH3 is 1. The number of nitrogens with two attached hydrogens (primary N) is 1. The predicted molar refractivity (Wildman–Crippen MR) is 210 cm³/mol. The molecule has 12 nitrogen and oxygen atoms in total. The lowest BCUT2D eigenvalue weighted by molar-refractivity contribution is 0.0435. The lowest BCUT2D eigenvalue weighted by atomic mass is 10.1. The highest BCUT2D eigenvalue weighted by Crippen LogP contribution is 2.33. The SMILES string of the molecule is COCCOc1cc(CCN)ccc1N1CCOc2cc(C)ccc2N2CCOCCOCCN(CCOCCOCC2)c2ccc(C)cc2OCC1. The average Bonchev–Trinajstić information content (AvgIpc) is 3.15. The molecule has 3 heterocycles. The first-order chi connectivity index (χ1) is 26.1. The van der Waals surface area contributed by atoms with E-state index in [1.54, 1.807) is 7.11 Å². The molecule has 0 amide bonds. The molecule has 53 heavy (non-hydrogen) atoms. The van der Waals surface area contributed by atoms with Gasteiger partial charge in [-0.15, -0.1) is 0 Å². The normalized spacial score (nSPS) is 17.6. The van der Waals surface area contributed by atoms with E-state index in [1.165, 1.54) is 0 Å². The van der Waals surface area contributed by atoms with Crippen molar-refractivity contribution in [1.29, 1.82) is 0 Å². The minimum atomic E-state index is 0.433. The van der Waals surface area contributed by atoms with Crippen molar-refractivity contribution >= 4 is 17.1 Å². The summed E-state index contributed by atoms with van der Waals surface area (Å²) in [6.07, 6.45) is 0.762. The van der Waals surface area contributed by atoms with Crippen molar-refractivity contribution in [2.24, 2.45) is 5.73 Å². The molecule has 0 aliphatic carbocycles. The first kappa shape index (κ1) is 40.4. The van der Waals surface area contributed by atoms with Crippen molar-refractivity contribution in [2.45, 2.75) is 20.3 Å². The molecule has 3 aromatic rings. The first-order valence-electron chi connectivity index (χ1n) is 19.0. The number of anilines is 3. The van der Waals surface area contributed by atoms with Gasteiger partial charge in [0.2, 0.25) is 0 Å². The van der Waals surface area contributed by atoms with Gasteiger partial charge in [-0.25, -0.2) is 0 Å². The highest BCUT2D eigenvalue weighted by molar-refractivity contribution is 5.62. The fourth-order valence-electron chi connectivity index (χ4n) is 6.42. The number of fused-ring (bicyclic) bond motifs is 20. The zero-order valence-electron chi connectivity index (χ0n) is 32.0. The summed E-state index contributed by atoms with van der Waals surface area (Å²) in [5, 5.41) is 0. The highest BCUT2D eigenvalue weighted by Gasteiger charge is 2.19. The van der Waals surface area contributed by atoms with E-state index < -0.39 is 0 Å². The molecule has 0 unspecified atom stereocenters. The number of rotatable bonds is 7. The Bertz CT molecular complexity index is 1410. The lowest BCUT2D eigenvalue weighted by Gasteiger charge is -2.30. The molecule has 0 saturated carbocycles. The van der Waals surface area contributed by atoms with Crippen molar-refractivity contribution in [3.63, 3.8) is 0 Å². The number of aryl methyl sites for hydroxylation is 2. The Morgan fingerprint density at radius 3 is 1.47 bits per heavy atom. The van der Waals surface area contributed by atoms with E-state index in [0.29, 0.717) is 125 Å². The smallest absolute Gasteiger partial charge is 0.142 e. The van der Waals surface area contributed by atoms with Crippen LogP contribution in [-0.2, 0) is 30.1 Å². The van der Waals surface area contributed by atoms with E-state index in [-0.39, 0.29) is 0 Å². The Labute approximate surface area is 315 Å². The Balaban J connectivity index is 1.50. The number of benzene rings is 3. The quantitative estimate of drug-likeness (QED) is 0.273. The van der Waals surface area contributed by atoms with Crippen LogP contribution >= 0.6 is 0 Å². The van der Waals surface area contributed by atoms with E-state index in [2.05, 4.69) is 83.1 Å². The Kier molecular flexibility index (Phi) is 17.1. The van der Waals surface area contributed by atoms with E-state index >= 15 is 0 Å². The molecule has 1 saturated heterocycles. The van der Waals surface area contributed by atoms with Gasteiger partial charge in [0.25, 0.3) is 0 Å². The standard InChI is InChI=1S/C41H60N4O8/c1-33-4-7-36-39(30-33)51-22-16-45(38-9-6-35(10-11-42)32-41(38)53-29-24-46-3)17-23-52-40-31-34(2)5-8-37(40)44-14-20-49-27-25-47-18-12-43(36)13-19-48-26-28-50-21-15-44/h4-9,30-32H,10-29,42H2,1-3H3. The molecule has 12 heteroatoms. The maximum atomic E-state index is 6.66. The van der Waals surface area contributed by atoms with Crippen LogP contribution in [0, 0.1) is 13.8 Å². The van der Waals surface area contributed by atoms with Gasteiger partial charge in [0.05, 0.1) is 89.6 Å². The molecule has 0 aromatic heterocycles. The second-order valence-electron chi connectivity index (χ2n) is 13.2. The summed E-state index contributed by atoms with van der Waals surface area (Å²) >= 11 is 0. The monoisotopic (exact) mass is 736 g/mol. The third-order valence-corrected chi connectivity index (χ3v) is 9.26. The average molecular weight is 737 g/mol. The van der Waals surface area contributed by atoms with Gasteiger partial charge in [-0.1, -0.05) is 18.2 Å². The molecule has 0 radical (unpaired) electrons. The topological polar surface area (TPSA) is 110 Å². The molecule has 3 aliphatic rings. The van der Waals surface area contributed by atoms with Gasteiger partial charge in [-0.2, -0.15) is 0 Å². The van der Waals surface area contributed by atoms with E-state index in [0.717, 1.165) is 57.4 Å². The molecule has 6 rings (SSSR count). The minimum Gasteiger partial charge on any atom is -0.490 e. The predicted octanol–water partition coefficient (Wildman–Crippen LogP) is 4.50. The van der Waals surface area contributed by atoms with Gasteiger partial charge in [0, 0.05) is 33.3 Å². The van der Waals surface area contributed by atoms with Crippen LogP contribution in [0.2, 0.25) is 0 Å². The van der Waals surface area contributed by atoms with Gasteiger partial charge < -0.3 is 58.3 Å². The summed E-state index contributed by atoms with van der Waals surface area (Å²) in [6.45, 7) is 14.7. The fraction of sp³-hybridized carbons (Fsp3) is 0.561. The summed E-state index contributed by atoms with van der Waals surface area (Å²) < 4.78 is 49.2. The van der Waals surface area contributed by atoms with Gasteiger partial charge in [0.1, 0.15) is 37.1 Å². The lowest BCUT2D eigenvalue weighted by Crippen LogP contribution is -2.34. The molecule has 0 atom stereocenters. The third-order valence-electron chi connectivity index (χ3n) is 9.26. The second kappa shape index (κ2) is 22.4. The van der Waals surface area contributed by atoms with Gasteiger partial charge in [0.15, 0.2) is 0 Å². The zero-order chi connectivity index (χ0) is 37.1. The van der Waals surface area contributed by atoms with Crippen LogP contribution in [0.5, 0.6) is 17.2 Å². The molecule has 0 spiro atoms. The summed E-state index contributed by atoms with van der Waals surface area (Å²) in [5.41, 5.74) is 12.3. The summed E-state index contributed by atoms with van der Waals surface area (Å²) in [6, 6.07) is 19.1. The Morgan fingerprint density at radius 2 is 1.00 bits per heavy atom. The maximum Gasteiger partial charge on any atom is 0.142 e. The summed E-state index contributed by atoms with van der Waals surface area (Å²) in [7, 11) is 1.68.